The molecule has 12 nitrogen and oxygen atoms in total. The minimum atomic E-state index is -4.13. The van der Waals surface area contributed by atoms with Crippen LogP contribution in [0.2, 0.25) is 0 Å². The van der Waals surface area contributed by atoms with Gasteiger partial charge in [-0.3, -0.25) is 13.6 Å². The average molecular weight is 723 g/mol. The standard InChI is InChI=1S/C36H36NO11PS/c1-24-20-27(35(38)46-23-26-12-6-5-7-13-26)21-25(2)34(24)47-36(39)33-29-14-8-9-15-31(29)37(18-10-11-19-50(41,42)43)32-17-16-28(22-30(32)33)48-49(40,44-3)45-4/h5-9,12-17,20-22H,10-11,18-19,23H2,1-4H3/p+1. The van der Waals surface area contributed by atoms with Crippen molar-refractivity contribution in [2.24, 2.45) is 0 Å². The Labute approximate surface area is 289 Å². The minimum Gasteiger partial charge on any atom is -0.457 e. The quantitative estimate of drug-likeness (QED) is 0.0241. The van der Waals surface area contributed by atoms with E-state index in [1.807, 2.05) is 47.0 Å². The number of nitrogens with zero attached hydrogens (tertiary/aromatic N) is 1. The lowest BCUT2D eigenvalue weighted by Gasteiger charge is -2.17. The van der Waals surface area contributed by atoms with E-state index < -0.39 is 35.6 Å². The summed E-state index contributed by atoms with van der Waals surface area (Å²) >= 11 is 0. The van der Waals surface area contributed by atoms with Gasteiger partial charge in [0.1, 0.15) is 24.7 Å². The summed E-state index contributed by atoms with van der Waals surface area (Å²) in [5.74, 6) is -1.25. The highest BCUT2D eigenvalue weighted by Gasteiger charge is 2.29. The number of phosphoric ester groups is 1. The van der Waals surface area contributed by atoms with Crippen LogP contribution in [0.15, 0.2) is 84.9 Å². The number of carbonyl (C=O) groups is 2. The topological polar surface area (TPSA) is 156 Å². The Morgan fingerprint density at radius 3 is 2.10 bits per heavy atom. The molecule has 0 atom stereocenters. The first-order valence-electron chi connectivity index (χ1n) is 15.6. The van der Waals surface area contributed by atoms with Crippen molar-refractivity contribution in [3.05, 3.63) is 113 Å². The summed E-state index contributed by atoms with van der Waals surface area (Å²) < 4.78 is 73.7. The summed E-state index contributed by atoms with van der Waals surface area (Å²) in [5.41, 5.74) is 3.65. The fourth-order valence-corrected chi connectivity index (χ4v) is 6.91. The number of hydrogen-bond donors (Lipinski definition) is 1. The number of carbonyl (C=O) groups excluding carboxylic acids is 2. The third kappa shape index (κ3) is 8.55. The van der Waals surface area contributed by atoms with Crippen LogP contribution in [-0.2, 0) is 41.6 Å². The monoisotopic (exact) mass is 722 g/mol. The molecular formula is C36H37NO11PS+. The van der Waals surface area contributed by atoms with Crippen LogP contribution in [0.4, 0.5) is 0 Å². The number of aryl methyl sites for hydroxylation is 3. The molecule has 0 bridgehead atoms. The van der Waals surface area contributed by atoms with Crippen LogP contribution in [-0.4, -0.2) is 44.9 Å². The van der Waals surface area contributed by atoms with Gasteiger partial charge in [-0.1, -0.05) is 42.5 Å². The Morgan fingerprint density at radius 1 is 0.800 bits per heavy atom. The number of benzene rings is 4. The van der Waals surface area contributed by atoms with E-state index in [0.29, 0.717) is 51.5 Å². The Balaban J connectivity index is 1.55. The number of phosphoric acid groups is 1. The van der Waals surface area contributed by atoms with Gasteiger partial charge in [0.15, 0.2) is 0 Å². The van der Waals surface area contributed by atoms with E-state index in [9.17, 15) is 27.1 Å². The molecule has 0 aliphatic heterocycles. The second-order valence-electron chi connectivity index (χ2n) is 11.5. The van der Waals surface area contributed by atoms with E-state index in [4.69, 9.17) is 23.0 Å². The van der Waals surface area contributed by atoms with Crippen LogP contribution in [0.5, 0.6) is 11.5 Å². The van der Waals surface area contributed by atoms with Crippen LogP contribution in [0.1, 0.15) is 50.2 Å². The molecule has 0 radical (unpaired) electrons. The molecule has 5 rings (SSSR count). The Morgan fingerprint density at radius 2 is 1.44 bits per heavy atom. The van der Waals surface area contributed by atoms with Gasteiger partial charge >= 0.3 is 19.8 Å². The summed E-state index contributed by atoms with van der Waals surface area (Å²) in [4.78, 5) is 27.1. The lowest BCUT2D eigenvalue weighted by Crippen LogP contribution is -2.37. The fourth-order valence-electron chi connectivity index (χ4n) is 5.68. The zero-order valence-corrected chi connectivity index (χ0v) is 29.7. The van der Waals surface area contributed by atoms with Crippen LogP contribution < -0.4 is 13.8 Å². The zero-order chi connectivity index (χ0) is 36.1. The van der Waals surface area contributed by atoms with Gasteiger partial charge in [-0.05, 0) is 67.3 Å². The lowest BCUT2D eigenvalue weighted by atomic mass is 10.0. The van der Waals surface area contributed by atoms with Gasteiger partial charge in [0.05, 0.1) is 27.7 Å². The van der Waals surface area contributed by atoms with Gasteiger partial charge < -0.3 is 14.0 Å². The molecule has 0 aliphatic carbocycles. The summed E-state index contributed by atoms with van der Waals surface area (Å²) in [5, 5.41) is 0.908. The first-order valence-corrected chi connectivity index (χ1v) is 18.7. The number of fused-ring (bicyclic) bond motifs is 2. The number of pyridine rings is 1. The van der Waals surface area contributed by atoms with Crippen molar-refractivity contribution in [3.63, 3.8) is 0 Å². The minimum absolute atomic E-state index is 0.0949. The van der Waals surface area contributed by atoms with Crippen molar-refractivity contribution in [3.8, 4) is 11.5 Å². The van der Waals surface area contributed by atoms with Crippen molar-refractivity contribution >= 4 is 51.7 Å². The molecule has 0 fully saturated rings. The largest absolute Gasteiger partial charge is 0.529 e. The molecule has 50 heavy (non-hydrogen) atoms. The fraction of sp³-hybridized carbons (Fsp3) is 0.250. The van der Waals surface area contributed by atoms with Gasteiger partial charge in [-0.2, -0.15) is 13.0 Å². The summed E-state index contributed by atoms with van der Waals surface area (Å²) in [6.45, 7) is 3.91. The third-order valence-electron chi connectivity index (χ3n) is 8.00. The van der Waals surface area contributed by atoms with E-state index in [1.165, 1.54) is 20.3 Å². The highest BCUT2D eigenvalue weighted by molar-refractivity contribution is 7.85. The van der Waals surface area contributed by atoms with Crippen molar-refractivity contribution in [1.29, 1.82) is 0 Å². The second-order valence-corrected chi connectivity index (χ2v) is 14.9. The molecule has 0 aliphatic rings. The molecule has 0 saturated carbocycles. The smallest absolute Gasteiger partial charge is 0.457 e. The van der Waals surface area contributed by atoms with Crippen molar-refractivity contribution in [2.75, 3.05) is 20.0 Å². The maximum absolute atomic E-state index is 14.3. The molecule has 5 aromatic rings. The van der Waals surface area contributed by atoms with Crippen molar-refractivity contribution in [1.82, 2.24) is 0 Å². The van der Waals surface area contributed by atoms with Gasteiger partial charge in [0, 0.05) is 32.8 Å². The number of unbranched alkanes of at least 4 members (excludes halogenated alkanes) is 1. The maximum Gasteiger partial charge on any atom is 0.529 e. The summed E-state index contributed by atoms with van der Waals surface area (Å²) in [6, 6.07) is 24.4. The normalized spacial score (nSPS) is 11.9. The van der Waals surface area contributed by atoms with Crippen LogP contribution in [0, 0.1) is 13.8 Å². The number of rotatable bonds is 14. The molecule has 14 heteroatoms. The van der Waals surface area contributed by atoms with Crippen LogP contribution in [0.3, 0.4) is 0 Å². The van der Waals surface area contributed by atoms with Gasteiger partial charge in [-0.25, -0.2) is 14.2 Å². The molecule has 1 heterocycles. The molecule has 262 valence electrons. The van der Waals surface area contributed by atoms with Crippen LogP contribution >= 0.6 is 7.82 Å². The van der Waals surface area contributed by atoms with E-state index in [-0.39, 0.29) is 30.1 Å². The molecular weight excluding hydrogens is 685 g/mol. The van der Waals surface area contributed by atoms with E-state index in [0.717, 1.165) is 5.56 Å². The molecule has 0 unspecified atom stereocenters. The number of esters is 2. The van der Waals surface area contributed by atoms with Gasteiger partial charge in [-0.15, -0.1) is 0 Å². The Kier molecular flexibility index (Phi) is 11.3. The van der Waals surface area contributed by atoms with Crippen molar-refractivity contribution in [2.45, 2.75) is 39.8 Å². The molecule has 1 N–H and O–H groups in total. The number of ether oxygens (including phenoxy) is 2. The predicted octanol–water partition coefficient (Wildman–Crippen LogP) is 6.92. The highest BCUT2D eigenvalue weighted by atomic mass is 32.2. The zero-order valence-electron chi connectivity index (χ0n) is 28.0. The molecule has 4 aromatic carbocycles. The van der Waals surface area contributed by atoms with Gasteiger partial charge in [0.2, 0.25) is 11.0 Å². The second kappa shape index (κ2) is 15.5. The Hall–Kier alpha value is -4.65. The van der Waals surface area contributed by atoms with E-state index in [1.54, 1.807) is 50.2 Å². The van der Waals surface area contributed by atoms with Gasteiger partial charge in [0.25, 0.3) is 10.1 Å². The van der Waals surface area contributed by atoms with Crippen LogP contribution in [0.25, 0.3) is 21.8 Å². The molecule has 1 aromatic heterocycles. The lowest BCUT2D eigenvalue weighted by molar-refractivity contribution is -0.645. The maximum atomic E-state index is 14.3. The summed E-state index contributed by atoms with van der Waals surface area (Å²) in [6.07, 6.45) is 0.596. The predicted molar refractivity (Wildman–Crippen MR) is 186 cm³/mol. The molecule has 0 saturated heterocycles. The first kappa shape index (κ1) is 36.6. The third-order valence-corrected chi connectivity index (χ3v) is 10.1. The molecule has 0 spiro atoms. The van der Waals surface area contributed by atoms with E-state index >= 15 is 0 Å². The van der Waals surface area contributed by atoms with E-state index in [2.05, 4.69) is 0 Å². The SMILES string of the molecule is COP(=O)(OC)Oc1ccc2c(c1)c(C(=O)Oc1c(C)cc(C(=O)OCc3ccccc3)cc1C)c1ccccc1[n+]2CCCCS(=O)(=O)O. The number of hydrogen-bond acceptors (Lipinski definition) is 10. The number of aromatic nitrogens is 1. The number of para-hydroxylation sites is 1. The molecule has 0 amide bonds. The average Bonchev–Trinajstić information content (AvgIpc) is 3.09. The Bertz CT molecular complexity index is 2190. The summed E-state index contributed by atoms with van der Waals surface area (Å²) in [7, 11) is -5.73. The highest BCUT2D eigenvalue weighted by Crippen LogP contribution is 2.48. The first-order chi connectivity index (χ1) is 23.8. The van der Waals surface area contributed by atoms with Crippen molar-refractivity contribution < 1.29 is 54.7 Å².